The van der Waals surface area contributed by atoms with Gasteiger partial charge < -0.3 is 9.64 Å². The fraction of sp³-hybridized carbons (Fsp3) is 0.263. The molecule has 0 bridgehead atoms. The normalized spacial score (nSPS) is 16.8. The summed E-state index contributed by atoms with van der Waals surface area (Å²) in [6, 6.07) is 13.8. The van der Waals surface area contributed by atoms with E-state index < -0.39 is 0 Å². The van der Waals surface area contributed by atoms with Gasteiger partial charge in [-0.2, -0.15) is 5.10 Å². The van der Waals surface area contributed by atoms with Crippen LogP contribution in [0.2, 0.25) is 0 Å². The number of carbonyl (C=O) groups excluding carboxylic acids is 1. The van der Waals surface area contributed by atoms with E-state index in [1.165, 1.54) is 0 Å². The van der Waals surface area contributed by atoms with Crippen molar-refractivity contribution in [2.45, 2.75) is 5.37 Å². The van der Waals surface area contributed by atoms with E-state index in [4.69, 9.17) is 4.74 Å². The zero-order valence-electron chi connectivity index (χ0n) is 14.6. The molecule has 4 rings (SSSR count). The van der Waals surface area contributed by atoms with Gasteiger partial charge in [0.1, 0.15) is 22.5 Å². The molecule has 1 amide bonds. The molecule has 0 N–H and O–H groups in total. The molecule has 3 heterocycles. The minimum absolute atomic E-state index is 0.0218. The molecule has 5 nitrogen and oxygen atoms in total. The molecule has 3 aromatic rings. The SMILES string of the molecule is COc1ccc(C2SCCN2C(=O)c2cc(-c3cccs3)nn2C)cc1. The summed E-state index contributed by atoms with van der Waals surface area (Å²) in [6.07, 6.45) is 0. The van der Waals surface area contributed by atoms with Crippen molar-refractivity contribution in [3.8, 4) is 16.3 Å². The van der Waals surface area contributed by atoms with E-state index in [1.54, 1.807) is 34.9 Å². The predicted octanol–water partition coefficient (Wildman–Crippen LogP) is 4.05. The van der Waals surface area contributed by atoms with Crippen molar-refractivity contribution < 1.29 is 9.53 Å². The third-order valence-corrected chi connectivity index (χ3v) is 6.58. The number of aryl methyl sites for hydroxylation is 1. The average molecular weight is 386 g/mol. The second kappa shape index (κ2) is 7.17. The number of benzene rings is 1. The first-order valence-electron chi connectivity index (χ1n) is 8.32. The molecule has 1 aromatic carbocycles. The summed E-state index contributed by atoms with van der Waals surface area (Å²) in [4.78, 5) is 16.2. The third kappa shape index (κ3) is 3.12. The highest BCUT2D eigenvalue weighted by Gasteiger charge is 2.33. The Morgan fingerprint density at radius 1 is 1.27 bits per heavy atom. The topological polar surface area (TPSA) is 47.4 Å². The fourth-order valence-corrected chi connectivity index (χ4v) is 5.02. The number of hydrogen-bond acceptors (Lipinski definition) is 5. The van der Waals surface area contributed by atoms with Crippen molar-refractivity contribution in [1.82, 2.24) is 14.7 Å². The summed E-state index contributed by atoms with van der Waals surface area (Å²) >= 11 is 3.41. The lowest BCUT2D eigenvalue weighted by Crippen LogP contribution is -2.31. The van der Waals surface area contributed by atoms with Crippen molar-refractivity contribution >= 4 is 29.0 Å². The van der Waals surface area contributed by atoms with Crippen molar-refractivity contribution in [2.24, 2.45) is 7.05 Å². The molecule has 0 spiro atoms. The van der Waals surface area contributed by atoms with Crippen molar-refractivity contribution in [2.75, 3.05) is 19.4 Å². The lowest BCUT2D eigenvalue weighted by atomic mass is 10.2. The molecule has 0 aliphatic carbocycles. The van der Waals surface area contributed by atoms with E-state index in [-0.39, 0.29) is 11.3 Å². The van der Waals surface area contributed by atoms with Crippen LogP contribution in [0.3, 0.4) is 0 Å². The van der Waals surface area contributed by atoms with Gasteiger partial charge in [-0.3, -0.25) is 9.48 Å². The van der Waals surface area contributed by atoms with Crippen LogP contribution in [0.15, 0.2) is 47.8 Å². The highest BCUT2D eigenvalue weighted by Crippen LogP contribution is 2.39. The van der Waals surface area contributed by atoms with E-state index in [0.717, 1.165) is 34.2 Å². The number of thioether (sulfide) groups is 1. The molecule has 1 unspecified atom stereocenters. The van der Waals surface area contributed by atoms with Crippen molar-refractivity contribution in [3.05, 3.63) is 59.1 Å². The number of hydrogen-bond donors (Lipinski definition) is 0. The van der Waals surface area contributed by atoms with Gasteiger partial charge in [0.2, 0.25) is 0 Å². The largest absolute Gasteiger partial charge is 0.497 e. The molecule has 7 heteroatoms. The standard InChI is InChI=1S/C19H19N3O2S2/c1-21-16(12-15(20-21)17-4-3-10-25-17)18(23)22-9-11-26-19(22)13-5-7-14(24-2)8-6-13/h3-8,10,12,19H,9,11H2,1-2H3. The van der Waals surface area contributed by atoms with Crippen LogP contribution in [0.1, 0.15) is 21.4 Å². The Hall–Kier alpha value is -2.25. The van der Waals surface area contributed by atoms with E-state index in [0.29, 0.717) is 5.69 Å². The first kappa shape index (κ1) is 17.2. The maximum absolute atomic E-state index is 13.2. The van der Waals surface area contributed by atoms with E-state index in [2.05, 4.69) is 5.10 Å². The quantitative estimate of drug-likeness (QED) is 0.680. The summed E-state index contributed by atoms with van der Waals surface area (Å²) in [5, 5.41) is 6.56. The highest BCUT2D eigenvalue weighted by molar-refractivity contribution is 7.99. The summed E-state index contributed by atoms with van der Waals surface area (Å²) in [7, 11) is 3.48. The van der Waals surface area contributed by atoms with Gasteiger partial charge in [0, 0.05) is 19.3 Å². The predicted molar refractivity (Wildman–Crippen MR) is 106 cm³/mol. The maximum Gasteiger partial charge on any atom is 0.273 e. The van der Waals surface area contributed by atoms with Crippen LogP contribution in [0.4, 0.5) is 0 Å². The van der Waals surface area contributed by atoms with Crippen LogP contribution in [-0.4, -0.2) is 40.0 Å². The van der Waals surface area contributed by atoms with Gasteiger partial charge in [-0.05, 0) is 35.2 Å². The molecule has 2 aromatic heterocycles. The smallest absolute Gasteiger partial charge is 0.273 e. The number of thiophene rings is 1. The number of nitrogens with zero attached hydrogens (tertiary/aromatic N) is 3. The number of aromatic nitrogens is 2. The second-order valence-electron chi connectivity index (χ2n) is 6.01. The molecule has 1 saturated heterocycles. The van der Waals surface area contributed by atoms with Crippen LogP contribution >= 0.6 is 23.1 Å². The molecule has 0 radical (unpaired) electrons. The van der Waals surface area contributed by atoms with Crippen LogP contribution in [-0.2, 0) is 7.05 Å². The number of rotatable bonds is 4. The summed E-state index contributed by atoms with van der Waals surface area (Å²) in [5.41, 5.74) is 2.58. The molecule has 1 aliphatic rings. The summed E-state index contributed by atoms with van der Waals surface area (Å²) in [5.74, 6) is 1.77. The molecular weight excluding hydrogens is 366 g/mol. The molecule has 0 saturated carbocycles. The Labute approximate surface area is 160 Å². The zero-order valence-corrected chi connectivity index (χ0v) is 16.2. The molecule has 26 heavy (non-hydrogen) atoms. The Balaban J connectivity index is 1.60. The van der Waals surface area contributed by atoms with Crippen LogP contribution in [0, 0.1) is 0 Å². The minimum Gasteiger partial charge on any atom is -0.497 e. The lowest BCUT2D eigenvalue weighted by Gasteiger charge is -2.24. The average Bonchev–Trinajstić information content (AvgIpc) is 3.41. The fourth-order valence-electron chi connectivity index (χ4n) is 3.08. The van der Waals surface area contributed by atoms with Crippen LogP contribution in [0.25, 0.3) is 10.6 Å². The van der Waals surface area contributed by atoms with E-state index in [1.807, 2.05) is 59.8 Å². The highest BCUT2D eigenvalue weighted by atomic mass is 32.2. The number of amides is 1. The first-order chi connectivity index (χ1) is 12.7. The third-order valence-electron chi connectivity index (χ3n) is 4.43. The van der Waals surface area contributed by atoms with Crippen LogP contribution in [0.5, 0.6) is 5.75 Å². The van der Waals surface area contributed by atoms with Crippen LogP contribution < -0.4 is 4.74 Å². The molecule has 134 valence electrons. The summed E-state index contributed by atoms with van der Waals surface area (Å²) in [6.45, 7) is 0.736. The molecular formula is C19H19N3O2S2. The van der Waals surface area contributed by atoms with E-state index in [9.17, 15) is 4.79 Å². The maximum atomic E-state index is 13.2. The number of methoxy groups -OCH3 is 1. The Kier molecular flexibility index (Phi) is 4.74. The second-order valence-corrected chi connectivity index (χ2v) is 8.15. The molecule has 1 fully saturated rings. The van der Waals surface area contributed by atoms with Gasteiger partial charge in [0.25, 0.3) is 5.91 Å². The Bertz CT molecular complexity index is 904. The van der Waals surface area contributed by atoms with Gasteiger partial charge in [0.05, 0.1) is 12.0 Å². The van der Waals surface area contributed by atoms with Gasteiger partial charge in [-0.1, -0.05) is 18.2 Å². The van der Waals surface area contributed by atoms with Crippen molar-refractivity contribution in [3.63, 3.8) is 0 Å². The Morgan fingerprint density at radius 3 is 2.77 bits per heavy atom. The van der Waals surface area contributed by atoms with Gasteiger partial charge in [-0.25, -0.2) is 0 Å². The lowest BCUT2D eigenvalue weighted by molar-refractivity contribution is 0.0749. The van der Waals surface area contributed by atoms with Crippen molar-refractivity contribution in [1.29, 1.82) is 0 Å². The zero-order chi connectivity index (χ0) is 18.1. The van der Waals surface area contributed by atoms with Gasteiger partial charge in [0.15, 0.2) is 0 Å². The van der Waals surface area contributed by atoms with Gasteiger partial charge >= 0.3 is 0 Å². The monoisotopic (exact) mass is 385 g/mol. The summed E-state index contributed by atoms with van der Waals surface area (Å²) < 4.78 is 6.92. The van der Waals surface area contributed by atoms with Gasteiger partial charge in [-0.15, -0.1) is 23.1 Å². The minimum atomic E-state index is 0.0218. The number of carbonyl (C=O) groups is 1. The Morgan fingerprint density at radius 2 is 2.08 bits per heavy atom. The van der Waals surface area contributed by atoms with E-state index >= 15 is 0 Å². The molecule has 1 aliphatic heterocycles. The first-order valence-corrected chi connectivity index (χ1v) is 10.2. The number of ether oxygens (including phenoxy) is 1. The molecule has 1 atom stereocenters.